The summed E-state index contributed by atoms with van der Waals surface area (Å²) in [5, 5.41) is 17.4. The number of rotatable bonds is 4. The van der Waals surface area contributed by atoms with Crippen LogP contribution >= 0.6 is 0 Å². The molecule has 0 amide bonds. The van der Waals surface area contributed by atoms with E-state index < -0.39 is 4.92 Å². The lowest BCUT2D eigenvalue weighted by Crippen LogP contribution is -1.98. The van der Waals surface area contributed by atoms with Crippen molar-refractivity contribution in [3.05, 3.63) is 34.9 Å². The average molecular weight is 234 g/mol. The molecule has 88 valence electrons. The molecule has 2 heterocycles. The van der Waals surface area contributed by atoms with E-state index in [9.17, 15) is 10.1 Å². The number of hydrogen-bond donors (Lipinski definition) is 1. The Labute approximate surface area is 96.5 Å². The van der Waals surface area contributed by atoms with Crippen molar-refractivity contribution in [1.29, 1.82) is 0 Å². The summed E-state index contributed by atoms with van der Waals surface area (Å²) in [5.74, 6) is 0.297. The standard InChI is InChI=1S/C9H10N6O2/c1-2-14-6-7(3-12-14)13-9-10-4-8(5-11-9)15(16)17/h3-6H,2H2,1H3,(H,10,11,13). The summed E-state index contributed by atoms with van der Waals surface area (Å²) in [6, 6.07) is 0. The van der Waals surface area contributed by atoms with Gasteiger partial charge in [0.1, 0.15) is 12.4 Å². The van der Waals surface area contributed by atoms with Crippen LogP contribution in [-0.4, -0.2) is 24.7 Å². The van der Waals surface area contributed by atoms with E-state index in [0.717, 1.165) is 24.6 Å². The molecule has 2 aromatic heterocycles. The first kappa shape index (κ1) is 11.0. The molecule has 0 saturated heterocycles. The topological polar surface area (TPSA) is 98.8 Å². The van der Waals surface area contributed by atoms with E-state index in [1.54, 1.807) is 17.1 Å². The van der Waals surface area contributed by atoms with Crippen LogP contribution in [0.3, 0.4) is 0 Å². The minimum Gasteiger partial charge on any atom is -0.321 e. The molecule has 0 saturated carbocycles. The van der Waals surface area contributed by atoms with Crippen LogP contribution in [0.5, 0.6) is 0 Å². The zero-order chi connectivity index (χ0) is 12.3. The van der Waals surface area contributed by atoms with Gasteiger partial charge < -0.3 is 5.32 Å². The summed E-state index contributed by atoms with van der Waals surface area (Å²) in [7, 11) is 0. The van der Waals surface area contributed by atoms with Crippen LogP contribution in [0.4, 0.5) is 17.3 Å². The van der Waals surface area contributed by atoms with Crippen LogP contribution in [0.2, 0.25) is 0 Å². The Morgan fingerprint density at radius 2 is 2.12 bits per heavy atom. The maximum atomic E-state index is 10.4. The van der Waals surface area contributed by atoms with Crippen molar-refractivity contribution < 1.29 is 4.92 Å². The average Bonchev–Trinajstić information content (AvgIpc) is 2.77. The fourth-order valence-corrected chi connectivity index (χ4v) is 1.21. The third-order valence-electron chi connectivity index (χ3n) is 2.06. The van der Waals surface area contributed by atoms with Gasteiger partial charge in [0, 0.05) is 12.7 Å². The molecule has 0 aliphatic rings. The summed E-state index contributed by atoms with van der Waals surface area (Å²) in [4.78, 5) is 17.5. The van der Waals surface area contributed by atoms with E-state index in [4.69, 9.17) is 0 Å². The smallest absolute Gasteiger partial charge is 0.305 e. The van der Waals surface area contributed by atoms with Crippen molar-refractivity contribution in [2.24, 2.45) is 0 Å². The summed E-state index contributed by atoms with van der Waals surface area (Å²) in [5.41, 5.74) is 0.598. The van der Waals surface area contributed by atoms with Gasteiger partial charge in [0.2, 0.25) is 5.95 Å². The Hall–Kier alpha value is -2.51. The molecule has 0 spiro atoms. The maximum Gasteiger partial charge on any atom is 0.305 e. The number of aromatic nitrogens is 4. The van der Waals surface area contributed by atoms with Crippen LogP contribution in [-0.2, 0) is 6.54 Å². The minimum absolute atomic E-state index is 0.139. The number of hydrogen-bond acceptors (Lipinski definition) is 6. The van der Waals surface area contributed by atoms with Crippen LogP contribution in [0.25, 0.3) is 0 Å². The fourth-order valence-electron chi connectivity index (χ4n) is 1.21. The Kier molecular flexibility index (Phi) is 2.95. The summed E-state index contributed by atoms with van der Waals surface area (Å²) >= 11 is 0. The molecule has 1 N–H and O–H groups in total. The monoisotopic (exact) mass is 234 g/mol. The lowest BCUT2D eigenvalue weighted by Gasteiger charge is -1.99. The van der Waals surface area contributed by atoms with Gasteiger partial charge in [0.15, 0.2) is 0 Å². The van der Waals surface area contributed by atoms with Crippen molar-refractivity contribution in [3.8, 4) is 0 Å². The number of nitrogens with one attached hydrogen (secondary N) is 1. The number of aryl methyl sites for hydroxylation is 1. The van der Waals surface area contributed by atoms with Gasteiger partial charge in [-0.3, -0.25) is 14.8 Å². The zero-order valence-electron chi connectivity index (χ0n) is 9.07. The molecule has 2 aromatic rings. The quantitative estimate of drug-likeness (QED) is 0.633. The molecule has 8 nitrogen and oxygen atoms in total. The van der Waals surface area contributed by atoms with Crippen LogP contribution in [0.15, 0.2) is 24.8 Å². The van der Waals surface area contributed by atoms with Gasteiger partial charge >= 0.3 is 5.69 Å². The van der Waals surface area contributed by atoms with Crippen molar-refractivity contribution in [2.75, 3.05) is 5.32 Å². The van der Waals surface area contributed by atoms with Gasteiger partial charge in [-0.15, -0.1) is 0 Å². The van der Waals surface area contributed by atoms with Crippen LogP contribution in [0, 0.1) is 10.1 Å². The van der Waals surface area contributed by atoms with E-state index in [1.165, 1.54) is 0 Å². The highest BCUT2D eigenvalue weighted by Gasteiger charge is 2.07. The van der Waals surface area contributed by atoms with E-state index in [-0.39, 0.29) is 5.69 Å². The Morgan fingerprint density at radius 1 is 1.41 bits per heavy atom. The molecule has 0 radical (unpaired) electrons. The van der Waals surface area contributed by atoms with Crippen molar-refractivity contribution in [2.45, 2.75) is 13.5 Å². The zero-order valence-corrected chi connectivity index (χ0v) is 9.07. The van der Waals surface area contributed by atoms with Crippen LogP contribution < -0.4 is 5.32 Å². The Bertz CT molecular complexity index is 521. The molecule has 2 rings (SSSR count). The first-order chi connectivity index (χ1) is 8.19. The Balaban J connectivity index is 2.10. The number of anilines is 2. The summed E-state index contributed by atoms with van der Waals surface area (Å²) < 4.78 is 1.74. The van der Waals surface area contributed by atoms with E-state index in [2.05, 4.69) is 20.4 Å². The second-order valence-electron chi connectivity index (χ2n) is 3.23. The molecule has 0 aliphatic carbocycles. The lowest BCUT2D eigenvalue weighted by atomic mass is 10.5. The normalized spacial score (nSPS) is 10.2. The molecule has 0 unspecified atom stereocenters. The molecule has 0 aliphatic heterocycles. The molecule has 0 fully saturated rings. The number of nitro groups is 1. The third kappa shape index (κ3) is 2.54. The van der Waals surface area contributed by atoms with Gasteiger partial charge in [-0.05, 0) is 6.92 Å². The molecule has 0 bridgehead atoms. The highest BCUT2D eigenvalue weighted by atomic mass is 16.6. The molecule has 0 atom stereocenters. The Morgan fingerprint density at radius 3 is 2.65 bits per heavy atom. The predicted octanol–water partition coefficient (Wildman–Crippen LogP) is 1.34. The van der Waals surface area contributed by atoms with Gasteiger partial charge in [-0.1, -0.05) is 0 Å². The van der Waals surface area contributed by atoms with Gasteiger partial charge in [0.05, 0.1) is 16.8 Å². The molecule has 0 aromatic carbocycles. The maximum absolute atomic E-state index is 10.4. The first-order valence-corrected chi connectivity index (χ1v) is 4.95. The highest BCUT2D eigenvalue weighted by molar-refractivity contribution is 5.50. The van der Waals surface area contributed by atoms with Gasteiger partial charge in [0.25, 0.3) is 0 Å². The predicted molar refractivity (Wildman–Crippen MR) is 59.9 cm³/mol. The highest BCUT2D eigenvalue weighted by Crippen LogP contribution is 2.13. The number of nitrogens with zero attached hydrogens (tertiary/aromatic N) is 5. The molecule has 8 heteroatoms. The first-order valence-electron chi connectivity index (χ1n) is 4.95. The fraction of sp³-hybridized carbons (Fsp3) is 0.222. The third-order valence-corrected chi connectivity index (χ3v) is 2.06. The molecular formula is C9H10N6O2. The van der Waals surface area contributed by atoms with Crippen molar-refractivity contribution in [3.63, 3.8) is 0 Å². The van der Waals surface area contributed by atoms with E-state index >= 15 is 0 Å². The largest absolute Gasteiger partial charge is 0.321 e. The van der Waals surface area contributed by atoms with Gasteiger partial charge in [-0.25, -0.2) is 9.97 Å². The van der Waals surface area contributed by atoms with E-state index in [1.807, 2.05) is 6.92 Å². The SMILES string of the molecule is CCn1cc(Nc2ncc([N+](=O)[O-])cn2)cn1. The van der Waals surface area contributed by atoms with Crippen molar-refractivity contribution in [1.82, 2.24) is 19.7 Å². The summed E-state index contributed by atoms with van der Waals surface area (Å²) in [6.07, 6.45) is 5.73. The molecular weight excluding hydrogens is 224 g/mol. The lowest BCUT2D eigenvalue weighted by molar-refractivity contribution is -0.385. The second kappa shape index (κ2) is 4.56. The minimum atomic E-state index is -0.543. The van der Waals surface area contributed by atoms with Crippen molar-refractivity contribution >= 4 is 17.3 Å². The van der Waals surface area contributed by atoms with Gasteiger partial charge in [-0.2, -0.15) is 5.10 Å². The van der Waals surface area contributed by atoms with Crippen LogP contribution in [0.1, 0.15) is 6.92 Å². The summed E-state index contributed by atoms with van der Waals surface area (Å²) in [6.45, 7) is 2.74. The second-order valence-corrected chi connectivity index (χ2v) is 3.23. The van der Waals surface area contributed by atoms with E-state index in [0.29, 0.717) is 5.95 Å². The molecule has 17 heavy (non-hydrogen) atoms.